The summed E-state index contributed by atoms with van der Waals surface area (Å²) in [6.45, 7) is 3.47. The van der Waals surface area contributed by atoms with Gasteiger partial charge in [-0.25, -0.2) is 17.9 Å². The molecule has 0 atom stereocenters. The Hall–Kier alpha value is -3.53. The van der Waals surface area contributed by atoms with Crippen LogP contribution in [0.25, 0.3) is 11.3 Å². The van der Waals surface area contributed by atoms with E-state index < -0.39 is 21.9 Å². The van der Waals surface area contributed by atoms with Crippen LogP contribution >= 0.6 is 0 Å². The lowest BCUT2D eigenvalue weighted by atomic mass is 10.1. The first-order chi connectivity index (χ1) is 14.7. The Labute approximate surface area is 179 Å². The molecule has 0 spiro atoms. The largest absolute Gasteiger partial charge is 0.476 e. The number of nitrogens with one attached hydrogen (secondary N) is 1. The van der Waals surface area contributed by atoms with E-state index in [4.69, 9.17) is 0 Å². The van der Waals surface area contributed by atoms with Gasteiger partial charge >= 0.3 is 5.97 Å². The molecule has 0 aliphatic carbocycles. The zero-order chi connectivity index (χ0) is 22.6. The number of aromatic carboxylic acids is 1. The normalized spacial score (nSPS) is 11.3. The molecule has 31 heavy (non-hydrogen) atoms. The van der Waals surface area contributed by atoms with Crippen molar-refractivity contribution in [1.29, 1.82) is 0 Å². The van der Waals surface area contributed by atoms with Crippen molar-refractivity contribution in [3.8, 4) is 11.3 Å². The molecule has 0 radical (unpaired) electrons. The van der Waals surface area contributed by atoms with Gasteiger partial charge in [-0.05, 0) is 30.2 Å². The molecule has 2 N–H and O–H groups in total. The maximum atomic E-state index is 12.5. The molecule has 1 aromatic carbocycles. The van der Waals surface area contributed by atoms with Crippen LogP contribution in [0.2, 0.25) is 0 Å². The number of aryl methyl sites for hydroxylation is 1. The Bertz CT molecular complexity index is 1220. The highest BCUT2D eigenvalue weighted by molar-refractivity contribution is 7.90. The summed E-state index contributed by atoms with van der Waals surface area (Å²) in [6.07, 6.45) is 3.14. The number of aromatic nitrogens is 3. The fraction of sp³-hybridized carbons (Fsp3) is 0.238. The Morgan fingerprint density at radius 2 is 1.90 bits per heavy atom. The first-order valence-electron chi connectivity index (χ1n) is 9.59. The van der Waals surface area contributed by atoms with Gasteiger partial charge in [0.1, 0.15) is 0 Å². The predicted molar refractivity (Wildman–Crippen MR) is 113 cm³/mol. The molecule has 10 heteroatoms. The highest BCUT2D eigenvalue weighted by Gasteiger charge is 2.21. The van der Waals surface area contributed by atoms with E-state index >= 15 is 0 Å². The molecule has 0 aliphatic heterocycles. The number of rotatable bonds is 8. The average molecular weight is 442 g/mol. The highest BCUT2D eigenvalue weighted by atomic mass is 32.2. The molecule has 3 aromatic rings. The van der Waals surface area contributed by atoms with E-state index in [9.17, 15) is 23.1 Å². The molecule has 2 heterocycles. The molecule has 0 aliphatic rings. The lowest BCUT2D eigenvalue weighted by Crippen LogP contribution is -2.28. The fourth-order valence-electron chi connectivity index (χ4n) is 3.16. The minimum absolute atomic E-state index is 0.00913. The lowest BCUT2D eigenvalue weighted by molar-refractivity contribution is -0.117. The van der Waals surface area contributed by atoms with Gasteiger partial charge in [0.2, 0.25) is 5.91 Å². The summed E-state index contributed by atoms with van der Waals surface area (Å²) in [4.78, 5) is 26.8. The first-order valence-corrected chi connectivity index (χ1v) is 11.1. The minimum atomic E-state index is -4.02. The van der Waals surface area contributed by atoms with E-state index in [1.807, 2.05) is 11.6 Å². The van der Waals surface area contributed by atoms with E-state index in [0.717, 1.165) is 24.6 Å². The third kappa shape index (κ3) is 5.15. The van der Waals surface area contributed by atoms with Gasteiger partial charge in [0.05, 0.1) is 17.1 Å². The quantitative estimate of drug-likeness (QED) is 0.548. The van der Waals surface area contributed by atoms with E-state index in [1.54, 1.807) is 47.3 Å². The van der Waals surface area contributed by atoms with Crippen LogP contribution in [0, 0.1) is 0 Å². The van der Waals surface area contributed by atoms with Crippen molar-refractivity contribution >= 4 is 21.9 Å². The summed E-state index contributed by atoms with van der Waals surface area (Å²) >= 11 is 0. The van der Waals surface area contributed by atoms with Crippen LogP contribution in [0.15, 0.2) is 53.6 Å². The van der Waals surface area contributed by atoms with Gasteiger partial charge < -0.3 is 5.11 Å². The van der Waals surface area contributed by atoms with Crippen molar-refractivity contribution < 1.29 is 23.1 Å². The summed E-state index contributed by atoms with van der Waals surface area (Å²) in [6, 6.07) is 11.3. The molecule has 3 rings (SSSR count). The Morgan fingerprint density at radius 1 is 1.16 bits per heavy atom. The number of nitrogens with zero attached hydrogens (tertiary/aromatic N) is 3. The number of carboxylic acid groups (broad SMARTS) is 1. The SMILES string of the molecule is CCCc1cc(C(=O)O)nn1Cc1ccc(-c2ccccc2S(=O)(=O)NC(C)=O)nc1. The molecular weight excluding hydrogens is 420 g/mol. The third-order valence-electron chi connectivity index (χ3n) is 4.48. The van der Waals surface area contributed by atoms with Crippen LogP contribution < -0.4 is 4.72 Å². The van der Waals surface area contributed by atoms with Gasteiger partial charge in [0.15, 0.2) is 5.69 Å². The molecule has 1 amide bonds. The van der Waals surface area contributed by atoms with Crippen LogP contribution in [0.4, 0.5) is 0 Å². The van der Waals surface area contributed by atoms with Crippen LogP contribution in [0.3, 0.4) is 0 Å². The van der Waals surface area contributed by atoms with Crippen molar-refractivity contribution in [1.82, 2.24) is 19.5 Å². The number of hydrogen-bond acceptors (Lipinski definition) is 6. The Kier molecular flexibility index (Phi) is 6.50. The second-order valence-electron chi connectivity index (χ2n) is 6.94. The average Bonchev–Trinajstić information content (AvgIpc) is 3.11. The van der Waals surface area contributed by atoms with Crippen LogP contribution in [-0.2, 0) is 27.8 Å². The number of hydrogen-bond donors (Lipinski definition) is 2. The number of carbonyl (C=O) groups excluding carboxylic acids is 1. The molecule has 0 saturated carbocycles. The molecule has 2 aromatic heterocycles. The van der Waals surface area contributed by atoms with Crippen LogP contribution in [0.1, 0.15) is 42.0 Å². The molecule has 9 nitrogen and oxygen atoms in total. The van der Waals surface area contributed by atoms with Crippen LogP contribution in [0.5, 0.6) is 0 Å². The van der Waals surface area contributed by atoms with Crippen molar-refractivity contribution in [2.75, 3.05) is 0 Å². The smallest absolute Gasteiger partial charge is 0.356 e. The lowest BCUT2D eigenvalue weighted by Gasteiger charge is -2.11. The molecule has 0 saturated heterocycles. The summed E-state index contributed by atoms with van der Waals surface area (Å²) in [5.74, 6) is -1.76. The van der Waals surface area contributed by atoms with Crippen LogP contribution in [-0.4, -0.2) is 40.2 Å². The Morgan fingerprint density at radius 3 is 2.52 bits per heavy atom. The van der Waals surface area contributed by atoms with Gasteiger partial charge in [-0.15, -0.1) is 0 Å². The van der Waals surface area contributed by atoms with Crippen molar-refractivity contribution in [2.24, 2.45) is 0 Å². The summed E-state index contributed by atoms with van der Waals surface area (Å²) < 4.78 is 28.6. The second kappa shape index (κ2) is 9.09. The maximum Gasteiger partial charge on any atom is 0.356 e. The van der Waals surface area contributed by atoms with Crippen molar-refractivity contribution in [2.45, 2.75) is 38.1 Å². The second-order valence-corrected chi connectivity index (χ2v) is 8.59. The molecular formula is C21H22N4O5S. The molecule has 0 fully saturated rings. The minimum Gasteiger partial charge on any atom is -0.476 e. The number of amides is 1. The van der Waals surface area contributed by atoms with E-state index in [-0.39, 0.29) is 10.6 Å². The zero-order valence-electron chi connectivity index (χ0n) is 17.1. The van der Waals surface area contributed by atoms with E-state index in [2.05, 4.69) is 10.1 Å². The van der Waals surface area contributed by atoms with Gasteiger partial charge in [0.25, 0.3) is 10.0 Å². The fourth-order valence-corrected chi connectivity index (χ4v) is 4.37. The number of benzene rings is 1. The van der Waals surface area contributed by atoms with Gasteiger partial charge in [-0.3, -0.25) is 14.5 Å². The predicted octanol–water partition coefficient (Wildman–Crippen LogP) is 2.47. The summed E-state index contributed by atoms with van der Waals surface area (Å²) in [5.41, 5.74) is 2.37. The van der Waals surface area contributed by atoms with Gasteiger partial charge in [0, 0.05) is 24.4 Å². The van der Waals surface area contributed by atoms with E-state index in [0.29, 0.717) is 24.2 Å². The highest BCUT2D eigenvalue weighted by Crippen LogP contribution is 2.26. The van der Waals surface area contributed by atoms with Crippen molar-refractivity contribution in [3.05, 3.63) is 65.6 Å². The molecule has 0 unspecified atom stereocenters. The van der Waals surface area contributed by atoms with E-state index in [1.165, 1.54) is 6.07 Å². The summed E-state index contributed by atoms with van der Waals surface area (Å²) in [5, 5.41) is 13.4. The first kappa shape index (κ1) is 22.2. The standard InChI is InChI=1S/C21H22N4O5S/c1-3-6-16-11-19(21(27)28)23-25(16)13-15-9-10-18(22-12-15)17-7-4-5-8-20(17)31(29,30)24-14(2)26/h4-5,7-12H,3,6,13H2,1-2H3,(H,24,26)(H,27,28). The van der Waals surface area contributed by atoms with Crippen molar-refractivity contribution in [3.63, 3.8) is 0 Å². The maximum absolute atomic E-state index is 12.5. The monoisotopic (exact) mass is 442 g/mol. The number of carbonyl (C=O) groups is 2. The number of carboxylic acids is 1. The molecule has 0 bridgehead atoms. The van der Waals surface area contributed by atoms with Gasteiger partial charge in [-0.2, -0.15) is 5.10 Å². The third-order valence-corrected chi connectivity index (χ3v) is 5.97. The number of sulfonamides is 1. The van der Waals surface area contributed by atoms with Gasteiger partial charge in [-0.1, -0.05) is 37.6 Å². The number of pyridine rings is 1. The molecule has 162 valence electrons. The zero-order valence-corrected chi connectivity index (χ0v) is 17.9. The summed E-state index contributed by atoms with van der Waals surface area (Å²) in [7, 11) is -4.02. The Balaban J connectivity index is 1.91. The topological polar surface area (TPSA) is 131 Å².